The lowest BCUT2D eigenvalue weighted by Crippen LogP contribution is -2.24. The molecule has 230 valence electrons. The quantitative estimate of drug-likeness (QED) is 0.0615. The van der Waals surface area contributed by atoms with Crippen molar-refractivity contribution in [3.05, 3.63) is 107 Å². The smallest absolute Gasteiger partial charge is 0.337 e. The van der Waals surface area contributed by atoms with Gasteiger partial charge in [-0.3, -0.25) is 34.7 Å². The van der Waals surface area contributed by atoms with Gasteiger partial charge in [-0.05, 0) is 77.9 Å². The molecule has 0 aromatic heterocycles. The zero-order valence-electron chi connectivity index (χ0n) is 24.2. The van der Waals surface area contributed by atoms with Crippen LogP contribution in [0.5, 0.6) is 11.5 Å². The van der Waals surface area contributed by atoms with Crippen molar-refractivity contribution in [2.75, 3.05) is 10.6 Å². The van der Waals surface area contributed by atoms with Gasteiger partial charge < -0.3 is 25.2 Å². The minimum Gasteiger partial charge on any atom is -0.478 e. The molecule has 5 N–H and O–H groups in total. The molecule has 4 aromatic carbocycles. The fourth-order valence-corrected chi connectivity index (χ4v) is 4.80. The maximum absolute atomic E-state index is 13.6. The van der Waals surface area contributed by atoms with Gasteiger partial charge in [0, 0.05) is 30.8 Å². The maximum Gasteiger partial charge on any atom is 0.337 e. The van der Waals surface area contributed by atoms with E-state index in [9.17, 15) is 33.9 Å². The monoisotopic (exact) mass is 620 g/mol. The highest BCUT2D eigenvalue weighted by Crippen LogP contribution is 2.33. The van der Waals surface area contributed by atoms with Gasteiger partial charge in [0.25, 0.3) is 17.7 Å². The summed E-state index contributed by atoms with van der Waals surface area (Å²) in [4.78, 5) is 73.4. The van der Waals surface area contributed by atoms with Crippen LogP contribution in [0.15, 0.2) is 78.9 Å². The van der Waals surface area contributed by atoms with Crippen molar-refractivity contribution >= 4 is 52.8 Å². The molecule has 46 heavy (non-hydrogen) atoms. The van der Waals surface area contributed by atoms with E-state index in [1.54, 1.807) is 0 Å². The number of carboxylic acid groups (broad SMARTS) is 1. The van der Waals surface area contributed by atoms with Crippen LogP contribution in [0.3, 0.4) is 0 Å². The number of hydrogen-bond acceptors (Lipinski definition) is 9. The van der Waals surface area contributed by atoms with Crippen molar-refractivity contribution in [1.82, 2.24) is 5.32 Å². The molecule has 13 nitrogen and oxygen atoms in total. The second kappa shape index (κ2) is 12.5. The fourth-order valence-electron chi connectivity index (χ4n) is 4.80. The fraction of sp³-hybridized carbons (Fsp3) is 0.0606. The lowest BCUT2D eigenvalue weighted by molar-refractivity contribution is -0.132. The molecule has 0 unspecified atom stereocenters. The Labute approximate surface area is 260 Å². The first-order valence-electron chi connectivity index (χ1n) is 13.6. The van der Waals surface area contributed by atoms with E-state index < -0.39 is 47.0 Å². The van der Waals surface area contributed by atoms with Gasteiger partial charge in [-0.2, -0.15) is 0 Å². The number of esters is 2. The van der Waals surface area contributed by atoms with E-state index in [0.29, 0.717) is 11.4 Å². The number of ether oxygens (including phenoxy) is 2. The summed E-state index contributed by atoms with van der Waals surface area (Å²) in [7, 11) is 0. The van der Waals surface area contributed by atoms with E-state index in [4.69, 9.17) is 14.9 Å². The summed E-state index contributed by atoms with van der Waals surface area (Å²) in [6, 6.07) is 18.8. The third-order valence-electron chi connectivity index (χ3n) is 6.72. The van der Waals surface area contributed by atoms with Gasteiger partial charge in [0.2, 0.25) is 0 Å². The number of rotatable bonds is 8. The minimum atomic E-state index is -1.47. The number of nitrogens with one attached hydrogen (secondary N) is 4. The number of anilines is 2. The topological polar surface area (TPSA) is 201 Å². The normalized spacial score (nSPS) is 11.6. The molecule has 0 fully saturated rings. The molecule has 1 aliphatic rings. The Morgan fingerprint density at radius 2 is 1.20 bits per heavy atom. The molecule has 1 aliphatic heterocycles. The van der Waals surface area contributed by atoms with E-state index in [2.05, 4.69) is 16.0 Å². The van der Waals surface area contributed by atoms with Crippen molar-refractivity contribution in [3.63, 3.8) is 0 Å². The molecule has 0 spiro atoms. The predicted octanol–water partition coefficient (Wildman–Crippen LogP) is 4.48. The summed E-state index contributed by atoms with van der Waals surface area (Å²) in [5.41, 5.74) is 0.276. The zero-order valence-corrected chi connectivity index (χ0v) is 24.2. The Morgan fingerprint density at radius 3 is 1.74 bits per heavy atom. The Morgan fingerprint density at radius 1 is 0.674 bits per heavy atom. The molecule has 4 aromatic rings. The largest absolute Gasteiger partial charge is 0.478 e. The molecule has 5 rings (SSSR count). The van der Waals surface area contributed by atoms with Crippen LogP contribution in [-0.2, 0) is 9.59 Å². The molecule has 0 saturated carbocycles. The van der Waals surface area contributed by atoms with Gasteiger partial charge in [-0.1, -0.05) is 12.1 Å². The molecule has 1 heterocycles. The van der Waals surface area contributed by atoms with Crippen LogP contribution in [0.25, 0.3) is 11.1 Å². The van der Waals surface area contributed by atoms with Crippen molar-refractivity contribution in [1.29, 1.82) is 5.41 Å². The van der Waals surface area contributed by atoms with Gasteiger partial charge in [0.05, 0.1) is 22.3 Å². The van der Waals surface area contributed by atoms with E-state index in [1.165, 1.54) is 92.7 Å². The van der Waals surface area contributed by atoms with Gasteiger partial charge >= 0.3 is 17.9 Å². The zero-order chi connectivity index (χ0) is 33.1. The van der Waals surface area contributed by atoms with Crippen LogP contribution in [0, 0.1) is 5.41 Å². The summed E-state index contributed by atoms with van der Waals surface area (Å²) in [5.74, 6) is -4.44. The molecular weight excluding hydrogens is 596 g/mol. The number of amidine groups is 1. The number of hydrogen-bond donors (Lipinski definition) is 5. The van der Waals surface area contributed by atoms with Crippen molar-refractivity contribution in [3.8, 4) is 22.6 Å². The number of carbonyl (C=O) groups excluding carboxylic acids is 5. The molecule has 0 aliphatic carbocycles. The third kappa shape index (κ3) is 6.48. The summed E-state index contributed by atoms with van der Waals surface area (Å²) in [6.45, 7) is 2.49. The summed E-state index contributed by atoms with van der Waals surface area (Å²) in [6.07, 6.45) is 0. The second-order valence-corrected chi connectivity index (χ2v) is 9.95. The van der Waals surface area contributed by atoms with Gasteiger partial charge in [0.1, 0.15) is 17.3 Å². The van der Waals surface area contributed by atoms with Crippen LogP contribution in [0.1, 0.15) is 60.8 Å². The number of amides is 3. The molecular formula is C33H24N4O9. The molecule has 0 bridgehead atoms. The lowest BCUT2D eigenvalue weighted by Gasteiger charge is -2.19. The van der Waals surface area contributed by atoms with Crippen molar-refractivity contribution in [2.45, 2.75) is 13.8 Å². The average molecular weight is 621 g/mol. The number of fused-ring (bicyclic) bond motifs is 1. The number of carboxylic acids is 1. The molecule has 3 amide bonds. The van der Waals surface area contributed by atoms with Crippen LogP contribution >= 0.6 is 0 Å². The number of aromatic carboxylic acids is 1. The maximum atomic E-state index is 13.6. The van der Waals surface area contributed by atoms with Gasteiger partial charge in [-0.25, -0.2) is 4.79 Å². The Hall–Kier alpha value is -6.63. The predicted molar refractivity (Wildman–Crippen MR) is 165 cm³/mol. The number of benzene rings is 4. The minimum absolute atomic E-state index is 0.0560. The summed E-state index contributed by atoms with van der Waals surface area (Å²) < 4.78 is 10.0. The average Bonchev–Trinajstić information content (AvgIpc) is 3.29. The molecule has 0 saturated heterocycles. The molecule has 0 atom stereocenters. The van der Waals surface area contributed by atoms with E-state index in [-0.39, 0.29) is 44.9 Å². The Bertz CT molecular complexity index is 1970. The summed E-state index contributed by atoms with van der Waals surface area (Å²) in [5, 5.41) is 27.0. The van der Waals surface area contributed by atoms with Crippen LogP contribution in [0.2, 0.25) is 0 Å². The second-order valence-electron chi connectivity index (χ2n) is 9.95. The van der Waals surface area contributed by atoms with Gasteiger partial charge in [-0.15, -0.1) is 0 Å². The van der Waals surface area contributed by atoms with E-state index in [0.717, 1.165) is 0 Å². The van der Waals surface area contributed by atoms with Crippen LogP contribution in [0.4, 0.5) is 11.4 Å². The van der Waals surface area contributed by atoms with Crippen molar-refractivity contribution < 1.29 is 43.3 Å². The summed E-state index contributed by atoms with van der Waals surface area (Å²) >= 11 is 0. The molecule has 0 radical (unpaired) electrons. The first-order chi connectivity index (χ1) is 21.9. The standard InChI is InChI=1S/C33H24N4O9/c1-16(38)45-21-8-4-19(5-9-21)35-29(34)27-25(31(41)36-20-6-10-22(11-7-20)46-17(2)39)14-13-23(28(27)33(43)44)18-3-12-24-26(15-18)32(42)37-30(24)40/h3-15H,1-2H3,(H2,34,35)(H,36,41)(H,43,44)(H,37,40,42). The number of imide groups is 1. The SMILES string of the molecule is CC(=O)Oc1ccc(NC(=N)c2c(C(=O)Nc3ccc(OC(C)=O)cc3)ccc(-c3ccc4c(c3)C(=O)NC4=O)c2C(=O)O)cc1. The van der Waals surface area contributed by atoms with Gasteiger partial charge in [0.15, 0.2) is 0 Å². The van der Waals surface area contributed by atoms with Crippen LogP contribution < -0.4 is 25.4 Å². The Kier molecular flexibility index (Phi) is 8.40. The van der Waals surface area contributed by atoms with E-state index in [1.807, 2.05) is 0 Å². The first kappa shape index (κ1) is 30.8. The van der Waals surface area contributed by atoms with Crippen LogP contribution in [-0.4, -0.2) is 46.6 Å². The highest BCUT2D eigenvalue weighted by molar-refractivity contribution is 6.23. The number of carbonyl (C=O) groups is 6. The lowest BCUT2D eigenvalue weighted by atomic mass is 9.89. The highest BCUT2D eigenvalue weighted by atomic mass is 16.5. The third-order valence-corrected chi connectivity index (χ3v) is 6.72. The van der Waals surface area contributed by atoms with E-state index >= 15 is 0 Å². The first-order valence-corrected chi connectivity index (χ1v) is 13.6. The van der Waals surface area contributed by atoms with Crippen molar-refractivity contribution in [2.24, 2.45) is 0 Å². The highest BCUT2D eigenvalue weighted by Gasteiger charge is 2.30. The molecule has 13 heteroatoms. The Balaban J connectivity index is 1.58.